The number of thiazole rings is 1. The zero-order valence-corrected chi connectivity index (χ0v) is 11.8. The van der Waals surface area contributed by atoms with Gasteiger partial charge in [0.1, 0.15) is 0 Å². The van der Waals surface area contributed by atoms with Crippen molar-refractivity contribution in [3.8, 4) is 5.06 Å². The predicted octanol–water partition coefficient (Wildman–Crippen LogP) is 1.83. The maximum atomic E-state index is 12.1. The first-order chi connectivity index (χ1) is 9.76. The van der Waals surface area contributed by atoms with Crippen LogP contribution < -0.4 is 10.1 Å². The number of likely N-dealkylation sites (tertiary alicyclic amines) is 1. The number of anilines is 1. The number of nitrogens with zero attached hydrogens (tertiary/aromatic N) is 4. The first kappa shape index (κ1) is 12.9. The summed E-state index contributed by atoms with van der Waals surface area (Å²) in [6.07, 6.45) is 6.19. The van der Waals surface area contributed by atoms with E-state index in [0.717, 1.165) is 13.0 Å². The van der Waals surface area contributed by atoms with Crippen LogP contribution in [0.5, 0.6) is 5.06 Å². The van der Waals surface area contributed by atoms with Crippen molar-refractivity contribution >= 4 is 22.5 Å². The van der Waals surface area contributed by atoms with Gasteiger partial charge in [-0.25, -0.2) is 9.78 Å². The second-order valence-electron chi connectivity index (χ2n) is 4.49. The highest BCUT2D eigenvalue weighted by molar-refractivity contribution is 7.17. The van der Waals surface area contributed by atoms with Crippen molar-refractivity contribution in [2.75, 3.05) is 25.5 Å². The molecule has 7 nitrogen and oxygen atoms in total. The Morgan fingerprint density at radius 3 is 3.20 bits per heavy atom. The molecule has 3 heterocycles. The monoisotopic (exact) mass is 293 g/mol. The summed E-state index contributed by atoms with van der Waals surface area (Å²) in [4.78, 5) is 18.0. The minimum atomic E-state index is -0.128. The Morgan fingerprint density at radius 1 is 1.60 bits per heavy atom. The lowest BCUT2D eigenvalue weighted by Crippen LogP contribution is -2.33. The SMILES string of the molecule is COc1cnc(NC(=O)N2CCC(n3cccn3)C2)s1. The van der Waals surface area contributed by atoms with Gasteiger partial charge in [0, 0.05) is 25.5 Å². The molecule has 1 fully saturated rings. The maximum Gasteiger partial charge on any atom is 0.323 e. The maximum absolute atomic E-state index is 12.1. The van der Waals surface area contributed by atoms with Crippen LogP contribution in [0.2, 0.25) is 0 Å². The molecule has 0 radical (unpaired) electrons. The number of ether oxygens (including phenoxy) is 1. The number of nitrogens with one attached hydrogen (secondary N) is 1. The van der Waals surface area contributed by atoms with Crippen LogP contribution in [0.3, 0.4) is 0 Å². The van der Waals surface area contributed by atoms with E-state index in [1.807, 2.05) is 16.9 Å². The summed E-state index contributed by atoms with van der Waals surface area (Å²) < 4.78 is 6.95. The van der Waals surface area contributed by atoms with Gasteiger partial charge in [0.2, 0.25) is 0 Å². The van der Waals surface area contributed by atoms with Crippen molar-refractivity contribution in [2.45, 2.75) is 12.5 Å². The Balaban J connectivity index is 1.58. The summed E-state index contributed by atoms with van der Waals surface area (Å²) in [6, 6.07) is 2.02. The summed E-state index contributed by atoms with van der Waals surface area (Å²) in [5.41, 5.74) is 0. The van der Waals surface area contributed by atoms with E-state index in [-0.39, 0.29) is 12.1 Å². The van der Waals surface area contributed by atoms with Crippen molar-refractivity contribution in [3.05, 3.63) is 24.7 Å². The number of amides is 2. The Hall–Kier alpha value is -2.09. The normalized spacial score (nSPS) is 18.2. The van der Waals surface area contributed by atoms with Crippen molar-refractivity contribution in [1.29, 1.82) is 0 Å². The van der Waals surface area contributed by atoms with Crippen LogP contribution in [0.1, 0.15) is 12.5 Å². The fourth-order valence-electron chi connectivity index (χ4n) is 2.22. The molecule has 0 bridgehead atoms. The topological polar surface area (TPSA) is 72.3 Å². The number of hydrogen-bond donors (Lipinski definition) is 1. The van der Waals surface area contributed by atoms with Crippen molar-refractivity contribution in [2.24, 2.45) is 0 Å². The van der Waals surface area contributed by atoms with E-state index in [2.05, 4.69) is 15.4 Å². The second kappa shape index (κ2) is 5.49. The number of methoxy groups -OCH3 is 1. The van der Waals surface area contributed by atoms with Crippen molar-refractivity contribution < 1.29 is 9.53 Å². The molecule has 8 heteroatoms. The van der Waals surface area contributed by atoms with Gasteiger partial charge in [-0.15, -0.1) is 0 Å². The standard InChI is InChI=1S/C12H15N5O2S/c1-19-10-7-13-11(20-10)15-12(18)16-6-3-9(8-16)17-5-2-4-14-17/h2,4-5,7,9H,3,6,8H2,1H3,(H,13,15,18). The lowest BCUT2D eigenvalue weighted by Gasteiger charge is -2.16. The van der Waals surface area contributed by atoms with Gasteiger partial charge in [0.15, 0.2) is 10.2 Å². The van der Waals surface area contributed by atoms with Crippen LogP contribution in [0.4, 0.5) is 9.93 Å². The summed E-state index contributed by atoms with van der Waals surface area (Å²) in [7, 11) is 1.58. The summed E-state index contributed by atoms with van der Waals surface area (Å²) in [5, 5.41) is 8.24. The summed E-state index contributed by atoms with van der Waals surface area (Å²) >= 11 is 1.31. The number of rotatable bonds is 3. The fourth-order valence-corrected chi connectivity index (χ4v) is 2.84. The van der Waals surface area contributed by atoms with Gasteiger partial charge in [-0.3, -0.25) is 10.00 Å². The third-order valence-electron chi connectivity index (χ3n) is 3.25. The average molecular weight is 293 g/mol. The molecule has 3 rings (SSSR count). The average Bonchev–Trinajstić information content (AvgIpc) is 3.19. The molecule has 2 amide bonds. The van der Waals surface area contributed by atoms with E-state index in [4.69, 9.17) is 4.74 Å². The zero-order valence-electron chi connectivity index (χ0n) is 11.0. The zero-order chi connectivity index (χ0) is 13.9. The minimum absolute atomic E-state index is 0.128. The number of aromatic nitrogens is 3. The van der Waals surface area contributed by atoms with E-state index >= 15 is 0 Å². The van der Waals surface area contributed by atoms with Crippen molar-refractivity contribution in [1.82, 2.24) is 19.7 Å². The Bertz CT molecular complexity index is 582. The molecule has 2 aromatic heterocycles. The Morgan fingerprint density at radius 2 is 2.50 bits per heavy atom. The molecule has 2 aromatic rings. The third kappa shape index (κ3) is 2.60. The van der Waals surface area contributed by atoms with E-state index in [0.29, 0.717) is 16.7 Å². The van der Waals surface area contributed by atoms with Gasteiger partial charge in [-0.1, -0.05) is 11.3 Å². The minimum Gasteiger partial charge on any atom is -0.486 e. The van der Waals surface area contributed by atoms with Gasteiger partial charge in [-0.05, 0) is 12.5 Å². The van der Waals surface area contributed by atoms with Crippen LogP contribution >= 0.6 is 11.3 Å². The molecule has 1 aliphatic rings. The highest BCUT2D eigenvalue weighted by atomic mass is 32.1. The lowest BCUT2D eigenvalue weighted by molar-refractivity contribution is 0.220. The quantitative estimate of drug-likeness (QED) is 0.937. The molecule has 1 N–H and O–H groups in total. The number of carbonyl (C=O) groups is 1. The Labute approximate surface area is 120 Å². The van der Waals surface area contributed by atoms with Gasteiger partial charge < -0.3 is 9.64 Å². The van der Waals surface area contributed by atoms with Crippen LogP contribution in [0, 0.1) is 0 Å². The van der Waals surface area contributed by atoms with E-state index in [1.165, 1.54) is 11.3 Å². The van der Waals surface area contributed by atoms with E-state index < -0.39 is 0 Å². The van der Waals surface area contributed by atoms with Crippen LogP contribution in [-0.2, 0) is 0 Å². The molecule has 0 aliphatic carbocycles. The highest BCUT2D eigenvalue weighted by Crippen LogP contribution is 2.26. The first-order valence-electron chi connectivity index (χ1n) is 6.31. The van der Waals surface area contributed by atoms with E-state index in [9.17, 15) is 4.79 Å². The fraction of sp³-hybridized carbons (Fsp3) is 0.417. The predicted molar refractivity (Wildman–Crippen MR) is 75.1 cm³/mol. The third-order valence-corrected chi connectivity index (χ3v) is 4.12. The van der Waals surface area contributed by atoms with Crippen LogP contribution in [0.25, 0.3) is 0 Å². The van der Waals surface area contributed by atoms with Crippen LogP contribution in [0.15, 0.2) is 24.7 Å². The van der Waals surface area contributed by atoms with Crippen molar-refractivity contribution in [3.63, 3.8) is 0 Å². The molecule has 0 spiro atoms. The molecule has 106 valence electrons. The molecule has 1 atom stereocenters. The molecular formula is C12H15N5O2S. The number of carbonyl (C=O) groups excluding carboxylic acids is 1. The smallest absolute Gasteiger partial charge is 0.323 e. The molecule has 0 saturated carbocycles. The molecule has 1 aliphatic heterocycles. The first-order valence-corrected chi connectivity index (χ1v) is 7.13. The molecule has 1 saturated heterocycles. The molecule has 20 heavy (non-hydrogen) atoms. The highest BCUT2D eigenvalue weighted by Gasteiger charge is 2.28. The summed E-state index contributed by atoms with van der Waals surface area (Å²) in [6.45, 7) is 1.38. The Kier molecular flexibility index (Phi) is 3.55. The number of hydrogen-bond acceptors (Lipinski definition) is 5. The van der Waals surface area contributed by atoms with Gasteiger partial charge in [-0.2, -0.15) is 5.10 Å². The lowest BCUT2D eigenvalue weighted by atomic mass is 10.3. The molecule has 1 unspecified atom stereocenters. The van der Waals surface area contributed by atoms with Gasteiger partial charge >= 0.3 is 6.03 Å². The molecular weight excluding hydrogens is 278 g/mol. The summed E-state index contributed by atoms with van der Waals surface area (Å²) in [5.74, 6) is 0. The number of urea groups is 1. The van der Waals surface area contributed by atoms with E-state index in [1.54, 1.807) is 24.4 Å². The largest absolute Gasteiger partial charge is 0.486 e. The van der Waals surface area contributed by atoms with Gasteiger partial charge in [0.05, 0.1) is 19.3 Å². The van der Waals surface area contributed by atoms with Gasteiger partial charge in [0.25, 0.3) is 0 Å². The van der Waals surface area contributed by atoms with Crippen LogP contribution in [-0.4, -0.2) is 45.9 Å². The molecule has 0 aromatic carbocycles. The second-order valence-corrected chi connectivity index (χ2v) is 5.49.